The maximum Gasteiger partial charge on any atom is 0.374 e. The quantitative estimate of drug-likeness (QED) is 0.461. The molecule has 1 aromatic rings. The Hall–Kier alpha value is -4.19. The molecular weight excluding hydrogens is 518 g/mol. The summed E-state index contributed by atoms with van der Waals surface area (Å²) in [5, 5.41) is 10.6. The van der Waals surface area contributed by atoms with Gasteiger partial charge in [0.15, 0.2) is 11.5 Å². The standard InChI is InChI=1S/C28H33N5O7/c1-6-38-26(35)19-9-15(8-7-14(2)12-33-13-30-22-24(33)31-27(29)32-25(22)34)21-18(39-19)11-17-16(23(21)37-5)10-20(40-17)28(3,4)36/h8-9,11,14,20,36H,6-7,10,12-13H2,1-5H3,(H2,29,32,34)/b15-8+/t14-,20-/m0/s1. The second-order valence-corrected chi connectivity index (χ2v) is 10.6. The van der Waals surface area contributed by atoms with E-state index in [0.717, 1.165) is 11.1 Å². The molecule has 0 radical (unpaired) electrons. The molecule has 0 spiro atoms. The van der Waals surface area contributed by atoms with Gasteiger partial charge in [-0.15, -0.1) is 0 Å². The van der Waals surface area contributed by atoms with Gasteiger partial charge < -0.3 is 34.7 Å². The molecule has 0 saturated heterocycles. The number of allylic oxidation sites excluding steroid dienone is 3. The number of guanidine groups is 1. The summed E-state index contributed by atoms with van der Waals surface area (Å²) < 4.78 is 23.1. The number of rotatable bonds is 8. The number of carbonyl (C=O) groups is 2. The molecule has 0 saturated carbocycles. The molecular formula is C28H33N5O7. The van der Waals surface area contributed by atoms with E-state index in [1.165, 1.54) is 0 Å². The summed E-state index contributed by atoms with van der Waals surface area (Å²) in [5.41, 5.74) is 7.10. The van der Waals surface area contributed by atoms with E-state index in [2.05, 4.69) is 21.9 Å². The number of amidine groups is 1. The van der Waals surface area contributed by atoms with E-state index in [1.54, 1.807) is 40.0 Å². The van der Waals surface area contributed by atoms with Crippen LogP contribution in [0.4, 0.5) is 0 Å². The third kappa shape index (κ3) is 5.06. The van der Waals surface area contributed by atoms with Crippen molar-refractivity contribution in [2.75, 3.05) is 26.9 Å². The zero-order valence-corrected chi connectivity index (χ0v) is 23.2. The number of ether oxygens (including phenoxy) is 4. The van der Waals surface area contributed by atoms with E-state index < -0.39 is 23.6 Å². The monoisotopic (exact) mass is 551 g/mol. The molecule has 212 valence electrons. The highest BCUT2D eigenvalue weighted by molar-refractivity contribution is 6.69. The van der Waals surface area contributed by atoms with Crippen molar-refractivity contribution in [3.63, 3.8) is 0 Å². The summed E-state index contributed by atoms with van der Waals surface area (Å²) in [4.78, 5) is 38.8. The van der Waals surface area contributed by atoms with Gasteiger partial charge in [0.05, 0.1) is 24.9 Å². The molecule has 3 N–H and O–H groups in total. The number of benzene rings is 1. The zero-order valence-electron chi connectivity index (χ0n) is 23.2. The third-order valence-corrected chi connectivity index (χ3v) is 7.05. The molecule has 4 heterocycles. The Morgan fingerprint density at radius 3 is 2.83 bits per heavy atom. The molecule has 2 atom stereocenters. The van der Waals surface area contributed by atoms with Crippen LogP contribution in [0.3, 0.4) is 0 Å². The van der Waals surface area contributed by atoms with Gasteiger partial charge in [-0.25, -0.2) is 4.79 Å². The summed E-state index contributed by atoms with van der Waals surface area (Å²) >= 11 is 0. The second-order valence-electron chi connectivity index (χ2n) is 10.6. The Bertz CT molecular complexity index is 1420. The van der Waals surface area contributed by atoms with Crippen LogP contribution in [0.1, 0.15) is 45.2 Å². The molecule has 0 fully saturated rings. The van der Waals surface area contributed by atoms with Crippen molar-refractivity contribution in [2.24, 2.45) is 26.6 Å². The van der Waals surface area contributed by atoms with Gasteiger partial charge in [0.25, 0.3) is 0 Å². The predicted octanol–water partition coefficient (Wildman–Crippen LogP) is 1.99. The van der Waals surface area contributed by atoms with Crippen LogP contribution in [-0.2, 0) is 20.7 Å². The predicted molar refractivity (Wildman–Crippen MR) is 148 cm³/mol. The molecule has 5 rings (SSSR count). The number of hydrogen-bond donors (Lipinski definition) is 2. The first-order chi connectivity index (χ1) is 19.0. The fourth-order valence-corrected chi connectivity index (χ4v) is 5.07. The molecule has 1 aromatic carbocycles. The Kier molecular flexibility index (Phi) is 7.13. The van der Waals surface area contributed by atoms with Gasteiger partial charge in [-0.05, 0) is 44.8 Å². The van der Waals surface area contributed by atoms with Crippen LogP contribution < -0.4 is 19.9 Å². The fourth-order valence-electron chi connectivity index (χ4n) is 5.07. The van der Waals surface area contributed by atoms with Crippen molar-refractivity contribution in [1.82, 2.24) is 4.90 Å². The molecule has 4 aliphatic heterocycles. The van der Waals surface area contributed by atoms with Crippen molar-refractivity contribution in [3.8, 4) is 17.2 Å². The Labute approximate surface area is 231 Å². The first kappa shape index (κ1) is 27.4. The van der Waals surface area contributed by atoms with Gasteiger partial charge in [-0.1, -0.05) is 13.0 Å². The maximum absolute atomic E-state index is 12.7. The van der Waals surface area contributed by atoms with Crippen LogP contribution in [0, 0.1) is 5.92 Å². The van der Waals surface area contributed by atoms with Crippen LogP contribution >= 0.6 is 0 Å². The minimum absolute atomic E-state index is 0.0507. The summed E-state index contributed by atoms with van der Waals surface area (Å²) in [6, 6.07) is 1.73. The Morgan fingerprint density at radius 1 is 1.35 bits per heavy atom. The van der Waals surface area contributed by atoms with Crippen molar-refractivity contribution >= 4 is 35.0 Å². The van der Waals surface area contributed by atoms with Crippen LogP contribution in [-0.4, -0.2) is 78.0 Å². The van der Waals surface area contributed by atoms with E-state index in [4.69, 9.17) is 24.7 Å². The molecule has 40 heavy (non-hydrogen) atoms. The lowest BCUT2D eigenvalue weighted by molar-refractivity contribution is -0.141. The lowest BCUT2D eigenvalue weighted by Crippen LogP contribution is -2.40. The van der Waals surface area contributed by atoms with Crippen LogP contribution in [0.15, 0.2) is 39.0 Å². The molecule has 0 unspecified atom stereocenters. The van der Waals surface area contributed by atoms with Gasteiger partial charge >= 0.3 is 11.9 Å². The normalized spacial score (nSPS) is 21.2. The van der Waals surface area contributed by atoms with Gasteiger partial charge in [-0.3, -0.25) is 9.79 Å². The number of fused-ring (bicyclic) bond motifs is 3. The summed E-state index contributed by atoms with van der Waals surface area (Å²) in [5.74, 6) is 0.967. The Morgan fingerprint density at radius 2 is 2.12 bits per heavy atom. The highest BCUT2D eigenvalue weighted by Gasteiger charge is 2.40. The molecule has 0 aliphatic carbocycles. The number of carbonyl (C=O) groups excluding carboxylic acids is 2. The lowest BCUT2D eigenvalue weighted by Gasteiger charge is -2.25. The number of amides is 1. The molecule has 0 aromatic heterocycles. The highest BCUT2D eigenvalue weighted by atomic mass is 16.6. The van der Waals surface area contributed by atoms with E-state index in [1.807, 2.05) is 11.0 Å². The Balaban J connectivity index is 1.44. The first-order valence-corrected chi connectivity index (χ1v) is 13.2. The summed E-state index contributed by atoms with van der Waals surface area (Å²) in [6.07, 6.45) is 4.28. The van der Waals surface area contributed by atoms with Crippen molar-refractivity contribution < 1.29 is 33.6 Å². The molecule has 1 amide bonds. The van der Waals surface area contributed by atoms with Gasteiger partial charge in [0.2, 0.25) is 11.7 Å². The lowest BCUT2D eigenvalue weighted by atomic mass is 9.91. The number of aliphatic hydroxyl groups is 1. The number of methoxy groups -OCH3 is 1. The number of hydrogen-bond acceptors (Lipinski definition) is 11. The SMILES string of the molecule is CCOC(=O)C1=C/C(=C\C[C@H](C)CN2CN=C3C(=O)N=C(N)N=C32)c2c(cc3c(c2OC)C[C@@H](C(C)(C)O)O3)O1. The average Bonchev–Trinajstić information content (AvgIpc) is 3.50. The van der Waals surface area contributed by atoms with Crippen molar-refractivity contribution in [1.29, 1.82) is 0 Å². The van der Waals surface area contributed by atoms with Gasteiger partial charge in [-0.2, -0.15) is 9.98 Å². The van der Waals surface area contributed by atoms with E-state index in [9.17, 15) is 14.7 Å². The van der Waals surface area contributed by atoms with Crippen molar-refractivity contribution in [3.05, 3.63) is 35.1 Å². The third-order valence-electron chi connectivity index (χ3n) is 7.05. The second kappa shape index (κ2) is 10.4. The van der Waals surface area contributed by atoms with Crippen LogP contribution in [0.2, 0.25) is 0 Å². The molecule has 4 aliphatic rings. The number of nitrogens with two attached hydrogens (primary N) is 1. The smallest absolute Gasteiger partial charge is 0.374 e. The largest absolute Gasteiger partial charge is 0.496 e. The average molecular weight is 552 g/mol. The van der Waals surface area contributed by atoms with E-state index in [0.29, 0.717) is 54.7 Å². The number of nitrogens with zero attached hydrogens (tertiary/aromatic N) is 4. The van der Waals surface area contributed by atoms with Crippen LogP contribution in [0.5, 0.6) is 17.2 Å². The highest BCUT2D eigenvalue weighted by Crippen LogP contribution is 2.50. The van der Waals surface area contributed by atoms with Gasteiger partial charge in [0, 0.05) is 24.6 Å². The fraction of sp³-hybridized carbons (Fsp3) is 0.464. The molecule has 12 nitrogen and oxygen atoms in total. The first-order valence-electron chi connectivity index (χ1n) is 13.2. The number of aliphatic imine (C=N–C) groups is 3. The number of esters is 1. The molecule has 12 heteroatoms. The minimum Gasteiger partial charge on any atom is -0.496 e. The van der Waals surface area contributed by atoms with E-state index in [-0.39, 0.29) is 30.0 Å². The van der Waals surface area contributed by atoms with E-state index >= 15 is 0 Å². The minimum atomic E-state index is -1.07. The maximum atomic E-state index is 12.7. The topological polar surface area (TPSA) is 158 Å². The van der Waals surface area contributed by atoms with Gasteiger partial charge in [0.1, 0.15) is 30.0 Å². The summed E-state index contributed by atoms with van der Waals surface area (Å²) in [7, 11) is 1.57. The van der Waals surface area contributed by atoms with Crippen LogP contribution in [0.25, 0.3) is 5.57 Å². The van der Waals surface area contributed by atoms with Crippen molar-refractivity contribution in [2.45, 2.75) is 52.2 Å². The zero-order chi connectivity index (χ0) is 28.8. The molecule has 0 bridgehead atoms. The summed E-state index contributed by atoms with van der Waals surface area (Å²) in [6.45, 7) is 8.26.